The minimum Gasteiger partial charge on any atom is -0.386 e. The number of hydrogen-bond donors (Lipinski definition) is 2. The fourth-order valence-corrected chi connectivity index (χ4v) is 2.01. The third-order valence-electron chi connectivity index (χ3n) is 2.81. The molecule has 0 aliphatic heterocycles. The number of benzene rings is 2. The molecule has 2 atom stereocenters. The van der Waals surface area contributed by atoms with Crippen LogP contribution in [-0.2, 0) is 0 Å². The molecule has 0 saturated heterocycles. The van der Waals surface area contributed by atoms with Crippen molar-refractivity contribution in [2.45, 2.75) is 12.1 Å². The molecule has 2 nitrogen and oxygen atoms in total. The standard InChI is InChI=1S/C14H13BrFNO/c15-11-7-6-10(8-12(11)16)14(18)13(17)9-4-2-1-3-5-9/h1-8,13-14,18H,17H2. The zero-order valence-electron chi connectivity index (χ0n) is 9.55. The van der Waals surface area contributed by atoms with Crippen molar-refractivity contribution >= 4 is 15.9 Å². The normalized spacial score (nSPS) is 14.2. The van der Waals surface area contributed by atoms with Gasteiger partial charge in [-0.2, -0.15) is 0 Å². The molecule has 0 aromatic heterocycles. The highest BCUT2D eigenvalue weighted by atomic mass is 79.9. The first kappa shape index (κ1) is 13.2. The summed E-state index contributed by atoms with van der Waals surface area (Å²) in [6, 6.07) is 13.2. The van der Waals surface area contributed by atoms with Crippen LogP contribution >= 0.6 is 15.9 Å². The van der Waals surface area contributed by atoms with Crippen molar-refractivity contribution in [1.29, 1.82) is 0 Å². The van der Waals surface area contributed by atoms with Gasteiger partial charge in [0.1, 0.15) is 5.82 Å². The molecule has 0 bridgehead atoms. The van der Waals surface area contributed by atoms with Crippen molar-refractivity contribution in [1.82, 2.24) is 0 Å². The molecular weight excluding hydrogens is 297 g/mol. The van der Waals surface area contributed by atoms with Gasteiger partial charge in [0.15, 0.2) is 0 Å². The molecule has 0 aliphatic carbocycles. The molecule has 3 N–H and O–H groups in total. The summed E-state index contributed by atoms with van der Waals surface area (Å²) in [5.41, 5.74) is 7.25. The molecule has 2 rings (SSSR count). The average Bonchev–Trinajstić information content (AvgIpc) is 2.41. The number of aliphatic hydroxyl groups is 1. The number of hydrogen-bond acceptors (Lipinski definition) is 2. The third kappa shape index (κ3) is 2.77. The highest BCUT2D eigenvalue weighted by Gasteiger charge is 2.19. The van der Waals surface area contributed by atoms with Gasteiger partial charge in [0, 0.05) is 0 Å². The maximum atomic E-state index is 13.4. The Morgan fingerprint density at radius 3 is 2.33 bits per heavy atom. The molecule has 0 aliphatic rings. The van der Waals surface area contributed by atoms with Gasteiger partial charge in [-0.05, 0) is 39.2 Å². The highest BCUT2D eigenvalue weighted by molar-refractivity contribution is 9.10. The lowest BCUT2D eigenvalue weighted by Gasteiger charge is -2.19. The highest BCUT2D eigenvalue weighted by Crippen LogP contribution is 2.28. The molecule has 0 radical (unpaired) electrons. The lowest BCUT2D eigenvalue weighted by molar-refractivity contribution is 0.146. The van der Waals surface area contributed by atoms with E-state index in [1.165, 1.54) is 6.07 Å². The van der Waals surface area contributed by atoms with Gasteiger partial charge in [-0.1, -0.05) is 36.4 Å². The van der Waals surface area contributed by atoms with Gasteiger partial charge in [-0.3, -0.25) is 0 Å². The fraction of sp³-hybridized carbons (Fsp3) is 0.143. The van der Waals surface area contributed by atoms with Gasteiger partial charge in [0.2, 0.25) is 0 Å². The molecule has 0 amide bonds. The first-order chi connectivity index (χ1) is 8.59. The second-order valence-electron chi connectivity index (χ2n) is 4.05. The van der Waals surface area contributed by atoms with Crippen LogP contribution in [0.2, 0.25) is 0 Å². The monoisotopic (exact) mass is 309 g/mol. The molecule has 0 heterocycles. The van der Waals surface area contributed by atoms with E-state index in [-0.39, 0.29) is 0 Å². The van der Waals surface area contributed by atoms with E-state index in [9.17, 15) is 9.50 Å². The van der Waals surface area contributed by atoms with Crippen LogP contribution in [0.25, 0.3) is 0 Å². The zero-order chi connectivity index (χ0) is 13.1. The van der Waals surface area contributed by atoms with E-state index in [0.29, 0.717) is 10.0 Å². The van der Waals surface area contributed by atoms with Crippen molar-refractivity contribution in [3.63, 3.8) is 0 Å². The van der Waals surface area contributed by atoms with Crippen LogP contribution in [0, 0.1) is 5.82 Å². The Labute approximate surface area is 113 Å². The molecule has 4 heteroatoms. The van der Waals surface area contributed by atoms with Crippen molar-refractivity contribution in [2.75, 3.05) is 0 Å². The van der Waals surface area contributed by atoms with Crippen LogP contribution in [0.3, 0.4) is 0 Å². The fourth-order valence-electron chi connectivity index (χ4n) is 1.76. The van der Waals surface area contributed by atoms with Crippen LogP contribution < -0.4 is 5.73 Å². The summed E-state index contributed by atoms with van der Waals surface area (Å²) in [5, 5.41) is 10.2. The molecule has 2 aromatic carbocycles. The lowest BCUT2D eigenvalue weighted by atomic mass is 9.97. The Balaban J connectivity index is 2.25. The van der Waals surface area contributed by atoms with Crippen molar-refractivity contribution in [3.8, 4) is 0 Å². The average molecular weight is 310 g/mol. The van der Waals surface area contributed by atoms with Crippen LogP contribution in [0.4, 0.5) is 4.39 Å². The van der Waals surface area contributed by atoms with E-state index < -0.39 is 18.0 Å². The first-order valence-corrected chi connectivity index (χ1v) is 6.32. The summed E-state index contributed by atoms with van der Waals surface area (Å²) in [5.74, 6) is -0.410. The minimum absolute atomic E-state index is 0.367. The van der Waals surface area contributed by atoms with Crippen LogP contribution in [0.1, 0.15) is 23.3 Å². The summed E-state index contributed by atoms with van der Waals surface area (Å²) in [7, 11) is 0. The molecule has 0 saturated carbocycles. The SMILES string of the molecule is NC(c1ccccc1)C(O)c1ccc(Br)c(F)c1. The molecule has 18 heavy (non-hydrogen) atoms. The largest absolute Gasteiger partial charge is 0.386 e. The maximum absolute atomic E-state index is 13.4. The Kier molecular flexibility index (Phi) is 4.11. The molecule has 2 aromatic rings. The number of halogens is 2. The predicted octanol–water partition coefficient (Wildman–Crippen LogP) is 3.32. The summed E-state index contributed by atoms with van der Waals surface area (Å²) >= 11 is 3.07. The molecule has 0 spiro atoms. The predicted molar refractivity (Wildman–Crippen MR) is 72.4 cm³/mol. The third-order valence-corrected chi connectivity index (χ3v) is 3.45. The summed E-state index contributed by atoms with van der Waals surface area (Å²) in [6.07, 6.45) is -0.935. The number of rotatable bonds is 3. The molecule has 94 valence electrons. The van der Waals surface area contributed by atoms with Gasteiger partial charge in [0.25, 0.3) is 0 Å². The van der Waals surface area contributed by atoms with Gasteiger partial charge in [-0.15, -0.1) is 0 Å². The lowest BCUT2D eigenvalue weighted by Crippen LogP contribution is -2.19. The van der Waals surface area contributed by atoms with Crippen LogP contribution in [0.5, 0.6) is 0 Å². The Hall–Kier alpha value is -1.23. The zero-order valence-corrected chi connectivity index (χ0v) is 11.1. The van der Waals surface area contributed by atoms with E-state index in [1.807, 2.05) is 30.3 Å². The second-order valence-corrected chi connectivity index (χ2v) is 4.91. The van der Waals surface area contributed by atoms with E-state index in [0.717, 1.165) is 5.56 Å². The Morgan fingerprint density at radius 1 is 1.06 bits per heavy atom. The first-order valence-electron chi connectivity index (χ1n) is 5.53. The van der Waals surface area contributed by atoms with Crippen LogP contribution in [-0.4, -0.2) is 5.11 Å². The van der Waals surface area contributed by atoms with Crippen LogP contribution in [0.15, 0.2) is 53.0 Å². The Morgan fingerprint density at radius 2 is 1.72 bits per heavy atom. The topological polar surface area (TPSA) is 46.2 Å². The van der Waals surface area contributed by atoms with E-state index in [1.54, 1.807) is 12.1 Å². The number of nitrogens with two attached hydrogens (primary N) is 1. The van der Waals surface area contributed by atoms with Gasteiger partial charge < -0.3 is 10.8 Å². The van der Waals surface area contributed by atoms with Gasteiger partial charge >= 0.3 is 0 Å². The molecule has 0 fully saturated rings. The second kappa shape index (κ2) is 5.61. The maximum Gasteiger partial charge on any atom is 0.137 e. The quantitative estimate of drug-likeness (QED) is 0.913. The Bertz CT molecular complexity index is 533. The summed E-state index contributed by atoms with van der Waals surface area (Å²) in [4.78, 5) is 0. The minimum atomic E-state index is -0.935. The van der Waals surface area contributed by atoms with E-state index in [4.69, 9.17) is 5.73 Å². The van der Waals surface area contributed by atoms with E-state index in [2.05, 4.69) is 15.9 Å². The smallest absolute Gasteiger partial charge is 0.137 e. The van der Waals surface area contributed by atoms with Crippen molar-refractivity contribution in [3.05, 3.63) is 69.9 Å². The van der Waals surface area contributed by atoms with Gasteiger partial charge in [0.05, 0.1) is 16.6 Å². The number of aliphatic hydroxyl groups excluding tert-OH is 1. The van der Waals surface area contributed by atoms with Crippen molar-refractivity contribution < 1.29 is 9.50 Å². The molecular formula is C14H13BrFNO. The van der Waals surface area contributed by atoms with Gasteiger partial charge in [-0.25, -0.2) is 4.39 Å². The molecule has 2 unspecified atom stereocenters. The summed E-state index contributed by atoms with van der Waals surface area (Å²) < 4.78 is 13.8. The van der Waals surface area contributed by atoms with E-state index >= 15 is 0 Å². The van der Waals surface area contributed by atoms with Crippen molar-refractivity contribution in [2.24, 2.45) is 5.73 Å². The summed E-state index contributed by atoms with van der Waals surface area (Å²) in [6.45, 7) is 0.